The average Bonchev–Trinajstić information content (AvgIpc) is 3.11. The molecule has 2 aromatic carbocycles. The summed E-state index contributed by atoms with van der Waals surface area (Å²) in [5.74, 6) is 2.63. The van der Waals surface area contributed by atoms with Crippen LogP contribution in [0.15, 0.2) is 66.7 Å². The molecule has 0 amide bonds. The number of methoxy groups -OCH3 is 1. The highest BCUT2D eigenvalue weighted by atomic mass is 16.5. The van der Waals surface area contributed by atoms with Crippen LogP contribution >= 0.6 is 0 Å². The number of pyridine rings is 1. The SMILES string of the molecule is COc1ccc2nnc3c(C)nc(-c4ccccc4Oc4ccccc4)n3c2n1. The summed E-state index contributed by atoms with van der Waals surface area (Å²) >= 11 is 0. The molecule has 0 bridgehead atoms. The molecule has 5 rings (SSSR count). The highest BCUT2D eigenvalue weighted by Gasteiger charge is 2.19. The number of hydrogen-bond acceptors (Lipinski definition) is 6. The quantitative estimate of drug-likeness (QED) is 0.456. The summed E-state index contributed by atoms with van der Waals surface area (Å²) in [5.41, 5.74) is 3.51. The molecular formula is C22H17N5O2. The first-order valence-corrected chi connectivity index (χ1v) is 9.13. The Kier molecular flexibility index (Phi) is 4.05. The lowest BCUT2D eigenvalue weighted by atomic mass is 10.2. The van der Waals surface area contributed by atoms with Crippen LogP contribution in [-0.2, 0) is 0 Å². The number of fused-ring (bicyclic) bond motifs is 3. The molecule has 0 spiro atoms. The van der Waals surface area contributed by atoms with Gasteiger partial charge in [0.2, 0.25) is 5.88 Å². The van der Waals surface area contributed by atoms with E-state index in [-0.39, 0.29) is 0 Å². The summed E-state index contributed by atoms with van der Waals surface area (Å²) in [5, 5.41) is 8.64. The lowest BCUT2D eigenvalue weighted by Crippen LogP contribution is -2.01. The molecule has 0 N–H and O–H groups in total. The van der Waals surface area contributed by atoms with Crippen molar-refractivity contribution in [2.24, 2.45) is 0 Å². The molecule has 3 heterocycles. The van der Waals surface area contributed by atoms with E-state index < -0.39 is 0 Å². The van der Waals surface area contributed by atoms with Gasteiger partial charge >= 0.3 is 0 Å². The van der Waals surface area contributed by atoms with Crippen molar-refractivity contribution >= 4 is 16.8 Å². The molecule has 0 aliphatic rings. The Morgan fingerprint density at radius 1 is 0.793 bits per heavy atom. The van der Waals surface area contributed by atoms with E-state index in [1.165, 1.54) is 0 Å². The maximum atomic E-state index is 6.14. The molecule has 0 saturated carbocycles. The summed E-state index contributed by atoms with van der Waals surface area (Å²) in [4.78, 5) is 9.36. The Balaban J connectivity index is 1.77. The van der Waals surface area contributed by atoms with E-state index in [1.54, 1.807) is 13.2 Å². The van der Waals surface area contributed by atoms with Gasteiger partial charge in [-0.15, -0.1) is 10.2 Å². The van der Waals surface area contributed by atoms with Crippen LogP contribution in [0.4, 0.5) is 0 Å². The van der Waals surface area contributed by atoms with E-state index in [9.17, 15) is 0 Å². The van der Waals surface area contributed by atoms with Crippen LogP contribution in [0, 0.1) is 6.92 Å². The predicted molar refractivity (Wildman–Crippen MR) is 109 cm³/mol. The van der Waals surface area contributed by atoms with Gasteiger partial charge in [0.05, 0.1) is 18.4 Å². The minimum atomic E-state index is 0.498. The summed E-state index contributed by atoms with van der Waals surface area (Å²) < 4.78 is 13.3. The second-order valence-corrected chi connectivity index (χ2v) is 6.49. The summed E-state index contributed by atoms with van der Waals surface area (Å²) in [7, 11) is 1.59. The maximum Gasteiger partial charge on any atom is 0.215 e. The van der Waals surface area contributed by atoms with Crippen molar-refractivity contribution in [1.29, 1.82) is 0 Å². The molecule has 0 aliphatic heterocycles. The van der Waals surface area contributed by atoms with Gasteiger partial charge in [-0.1, -0.05) is 30.3 Å². The third-order valence-electron chi connectivity index (χ3n) is 4.62. The van der Waals surface area contributed by atoms with E-state index >= 15 is 0 Å². The highest BCUT2D eigenvalue weighted by Crippen LogP contribution is 2.34. The number of benzene rings is 2. The van der Waals surface area contributed by atoms with Gasteiger partial charge in [-0.2, -0.15) is 4.98 Å². The Hall–Kier alpha value is -4.00. The van der Waals surface area contributed by atoms with Gasteiger partial charge in [0.15, 0.2) is 17.1 Å². The minimum Gasteiger partial charge on any atom is -0.481 e. The molecule has 29 heavy (non-hydrogen) atoms. The predicted octanol–water partition coefficient (Wildman–Crippen LogP) is 4.45. The molecule has 0 fully saturated rings. The van der Waals surface area contributed by atoms with E-state index in [0.717, 1.165) is 17.0 Å². The fraction of sp³-hybridized carbons (Fsp3) is 0.0909. The third kappa shape index (κ3) is 2.93. The molecule has 3 aromatic heterocycles. The van der Waals surface area contributed by atoms with Crippen molar-refractivity contribution in [1.82, 2.24) is 24.6 Å². The molecule has 7 nitrogen and oxygen atoms in total. The van der Waals surface area contributed by atoms with Crippen molar-refractivity contribution in [3.63, 3.8) is 0 Å². The standard InChI is InChI=1S/C22H17N5O2/c1-14-20-26-25-17-12-13-19(28-2)24-22(17)27(20)21(23-14)16-10-6-7-11-18(16)29-15-8-4-3-5-9-15/h3-13H,1-2H3. The summed E-state index contributed by atoms with van der Waals surface area (Å²) in [6.07, 6.45) is 0. The zero-order valence-corrected chi connectivity index (χ0v) is 15.9. The smallest absolute Gasteiger partial charge is 0.215 e. The molecule has 7 heteroatoms. The summed E-state index contributed by atoms with van der Waals surface area (Å²) in [6.45, 7) is 1.90. The van der Waals surface area contributed by atoms with E-state index in [1.807, 2.05) is 72.0 Å². The van der Waals surface area contributed by atoms with Crippen LogP contribution in [0.3, 0.4) is 0 Å². The van der Waals surface area contributed by atoms with Gasteiger partial charge in [-0.05, 0) is 37.3 Å². The number of imidazole rings is 1. The molecule has 142 valence electrons. The van der Waals surface area contributed by atoms with Crippen LogP contribution in [0.5, 0.6) is 17.4 Å². The van der Waals surface area contributed by atoms with Crippen LogP contribution in [0.25, 0.3) is 28.2 Å². The van der Waals surface area contributed by atoms with E-state index in [2.05, 4.69) is 15.2 Å². The minimum absolute atomic E-state index is 0.498. The monoisotopic (exact) mass is 383 g/mol. The number of ether oxygens (including phenoxy) is 2. The first-order chi connectivity index (χ1) is 14.2. The van der Waals surface area contributed by atoms with Gasteiger partial charge in [-0.25, -0.2) is 4.98 Å². The van der Waals surface area contributed by atoms with Crippen LogP contribution in [-0.4, -0.2) is 31.7 Å². The van der Waals surface area contributed by atoms with Crippen LogP contribution in [0.2, 0.25) is 0 Å². The number of rotatable bonds is 4. The summed E-state index contributed by atoms with van der Waals surface area (Å²) in [6, 6.07) is 21.0. The second kappa shape index (κ2) is 6.87. The van der Waals surface area contributed by atoms with Crippen molar-refractivity contribution in [3.8, 4) is 28.8 Å². The lowest BCUT2D eigenvalue weighted by molar-refractivity contribution is 0.399. The van der Waals surface area contributed by atoms with Gasteiger partial charge in [-0.3, -0.25) is 4.40 Å². The van der Waals surface area contributed by atoms with E-state index in [4.69, 9.17) is 14.5 Å². The topological polar surface area (TPSA) is 74.4 Å². The first kappa shape index (κ1) is 17.1. The second-order valence-electron chi connectivity index (χ2n) is 6.49. The maximum absolute atomic E-state index is 6.14. The highest BCUT2D eigenvalue weighted by molar-refractivity contribution is 5.79. The number of aromatic nitrogens is 5. The Labute approximate surface area is 166 Å². The third-order valence-corrected chi connectivity index (χ3v) is 4.62. The van der Waals surface area contributed by atoms with Crippen molar-refractivity contribution in [2.75, 3.05) is 7.11 Å². The number of nitrogens with zero attached hydrogens (tertiary/aromatic N) is 5. The zero-order chi connectivity index (χ0) is 19.8. The normalized spacial score (nSPS) is 11.1. The largest absolute Gasteiger partial charge is 0.481 e. The van der Waals surface area contributed by atoms with Crippen molar-refractivity contribution < 1.29 is 9.47 Å². The molecule has 5 aromatic rings. The molecule has 0 radical (unpaired) electrons. The Morgan fingerprint density at radius 3 is 2.41 bits per heavy atom. The van der Waals surface area contributed by atoms with Gasteiger partial charge < -0.3 is 9.47 Å². The molecule has 0 atom stereocenters. The Morgan fingerprint density at radius 2 is 1.59 bits per heavy atom. The average molecular weight is 383 g/mol. The Bertz CT molecular complexity index is 1330. The lowest BCUT2D eigenvalue weighted by Gasteiger charge is -2.11. The van der Waals surface area contributed by atoms with Gasteiger partial charge in [0, 0.05) is 6.07 Å². The zero-order valence-electron chi connectivity index (χ0n) is 15.9. The molecule has 0 aliphatic carbocycles. The number of para-hydroxylation sites is 2. The fourth-order valence-electron chi connectivity index (χ4n) is 3.26. The molecule has 0 saturated heterocycles. The molecule has 0 unspecified atom stereocenters. The first-order valence-electron chi connectivity index (χ1n) is 9.13. The fourth-order valence-corrected chi connectivity index (χ4v) is 3.26. The van der Waals surface area contributed by atoms with Gasteiger partial charge in [0.25, 0.3) is 0 Å². The van der Waals surface area contributed by atoms with Gasteiger partial charge in [0.1, 0.15) is 17.0 Å². The van der Waals surface area contributed by atoms with Crippen molar-refractivity contribution in [3.05, 3.63) is 72.4 Å². The number of aryl methyl sites for hydroxylation is 1. The number of hydrogen-bond donors (Lipinski definition) is 0. The van der Waals surface area contributed by atoms with Crippen LogP contribution < -0.4 is 9.47 Å². The van der Waals surface area contributed by atoms with E-state index in [0.29, 0.717) is 34.3 Å². The molecular weight excluding hydrogens is 366 g/mol. The van der Waals surface area contributed by atoms with Crippen molar-refractivity contribution in [2.45, 2.75) is 6.92 Å². The van der Waals surface area contributed by atoms with Crippen LogP contribution in [0.1, 0.15) is 5.69 Å².